The Balaban J connectivity index is 1.93. The Morgan fingerprint density at radius 2 is 0.977 bits per heavy atom. The molecule has 0 atom stereocenters. The fourth-order valence-corrected chi connectivity index (χ4v) is 7.89. The summed E-state index contributed by atoms with van der Waals surface area (Å²) >= 11 is 0. The maximum Gasteiger partial charge on any atom is 0.312 e. The van der Waals surface area contributed by atoms with Crippen molar-refractivity contribution < 1.29 is 8.98 Å². The first-order valence-corrected chi connectivity index (χ1v) is 15.8. The third-order valence-electron chi connectivity index (χ3n) is 12.0. The van der Waals surface area contributed by atoms with E-state index in [4.69, 9.17) is 9.40 Å². The van der Waals surface area contributed by atoms with Crippen LogP contribution in [-0.4, -0.2) is 14.0 Å². The number of nitrogens with zero attached hydrogens (tertiary/aromatic N) is 4. The highest BCUT2D eigenvalue weighted by Gasteiger charge is 2.34. The number of furan rings is 1. The van der Waals surface area contributed by atoms with Crippen molar-refractivity contribution in [1.29, 1.82) is 0 Å². The van der Waals surface area contributed by atoms with Gasteiger partial charge in [-0.1, -0.05) is 0 Å². The number of hydrogen-bond acceptors (Lipinski definition) is 2. The van der Waals surface area contributed by atoms with E-state index in [1.165, 1.54) is 111 Å². The van der Waals surface area contributed by atoms with Crippen molar-refractivity contribution in [2.75, 3.05) is 0 Å². The molecule has 0 saturated heterocycles. The van der Waals surface area contributed by atoms with E-state index in [9.17, 15) is 0 Å². The molecule has 0 N–H and O–H groups in total. The number of imidazole rings is 2. The smallest absolute Gasteiger partial charge is 0.312 e. The van der Waals surface area contributed by atoms with E-state index in [2.05, 4.69) is 118 Å². The minimum Gasteiger partial charge on any atom is -0.455 e. The van der Waals surface area contributed by atoms with E-state index in [0.717, 1.165) is 22.5 Å². The van der Waals surface area contributed by atoms with Crippen LogP contribution in [0.15, 0.2) is 4.42 Å². The second-order valence-corrected chi connectivity index (χ2v) is 13.6. The molecule has 0 fully saturated rings. The third-order valence-corrected chi connectivity index (χ3v) is 12.0. The molecule has 0 aliphatic carbocycles. The van der Waals surface area contributed by atoms with E-state index < -0.39 is 0 Å². The lowest BCUT2D eigenvalue weighted by molar-refractivity contribution is -0.672. The molecule has 5 heteroatoms. The first-order chi connectivity index (χ1) is 20.6. The normalized spacial score (nSPS) is 12.4. The van der Waals surface area contributed by atoms with Gasteiger partial charge >= 0.3 is 5.78 Å². The molecule has 0 radical (unpaired) electrons. The van der Waals surface area contributed by atoms with Crippen molar-refractivity contribution in [2.24, 2.45) is 7.05 Å². The number of pyridine rings is 1. The molecule has 0 bridgehead atoms. The summed E-state index contributed by atoms with van der Waals surface area (Å²) in [7, 11) is 2.20. The predicted octanol–water partition coefficient (Wildman–Crippen LogP) is 9.47. The van der Waals surface area contributed by atoms with Crippen molar-refractivity contribution >= 4 is 49.8 Å². The molecule has 44 heavy (non-hydrogen) atoms. The lowest BCUT2D eigenvalue weighted by Crippen LogP contribution is -2.39. The number of rotatable bonds is 1. The highest BCUT2D eigenvalue weighted by atomic mass is 16.3. The Hall–Kier alpha value is -4.12. The van der Waals surface area contributed by atoms with Gasteiger partial charge in [-0.05, 0) is 158 Å². The Morgan fingerprint density at radius 1 is 0.477 bits per heavy atom. The summed E-state index contributed by atoms with van der Waals surface area (Å²) in [6.45, 7) is 31.4. The molecule has 0 aliphatic heterocycles. The molecule has 7 rings (SSSR count). The van der Waals surface area contributed by atoms with Gasteiger partial charge in [0.2, 0.25) is 0 Å². The molecule has 0 saturated carbocycles. The summed E-state index contributed by atoms with van der Waals surface area (Å²) < 4.78 is 14.2. The average Bonchev–Trinajstić information content (AvgIpc) is 3.67. The molecule has 0 unspecified atom stereocenters. The number of aryl methyl sites for hydroxylation is 6. The zero-order chi connectivity index (χ0) is 32.0. The van der Waals surface area contributed by atoms with Gasteiger partial charge in [0.25, 0.3) is 5.82 Å². The van der Waals surface area contributed by atoms with E-state index in [1.54, 1.807) is 0 Å². The molecular weight excluding hydrogens is 540 g/mol. The summed E-state index contributed by atoms with van der Waals surface area (Å²) in [6.07, 6.45) is 0. The van der Waals surface area contributed by atoms with Gasteiger partial charge < -0.3 is 4.42 Å². The minimum atomic E-state index is 0.954. The van der Waals surface area contributed by atoms with E-state index in [1.807, 2.05) is 0 Å². The van der Waals surface area contributed by atoms with Crippen molar-refractivity contribution in [3.05, 3.63) is 78.0 Å². The minimum absolute atomic E-state index is 0.954. The second-order valence-electron chi connectivity index (χ2n) is 13.6. The van der Waals surface area contributed by atoms with Gasteiger partial charge in [-0.15, -0.1) is 0 Å². The van der Waals surface area contributed by atoms with Crippen LogP contribution in [0.3, 0.4) is 0 Å². The summed E-state index contributed by atoms with van der Waals surface area (Å²) in [4.78, 5) is 5.55. The summed E-state index contributed by atoms with van der Waals surface area (Å²) in [5, 5.41) is 2.42. The molecule has 0 amide bonds. The molecule has 4 heterocycles. The monoisotopic (exact) mass is 585 g/mol. The van der Waals surface area contributed by atoms with Crippen LogP contribution in [0.2, 0.25) is 0 Å². The van der Waals surface area contributed by atoms with Gasteiger partial charge in [0.1, 0.15) is 22.4 Å². The van der Waals surface area contributed by atoms with E-state index in [0.29, 0.717) is 0 Å². The van der Waals surface area contributed by atoms with Gasteiger partial charge in [-0.25, -0.2) is 4.57 Å². The number of benzene rings is 3. The van der Waals surface area contributed by atoms with Crippen LogP contribution in [0.4, 0.5) is 0 Å². The summed E-state index contributed by atoms with van der Waals surface area (Å²) in [5.74, 6) is 2.12. The van der Waals surface area contributed by atoms with Crippen molar-refractivity contribution in [2.45, 2.75) is 96.9 Å². The fraction of sp³-hybridized carbons (Fsp3) is 0.385. The molecule has 226 valence electrons. The van der Waals surface area contributed by atoms with Crippen molar-refractivity contribution in [3.63, 3.8) is 0 Å². The van der Waals surface area contributed by atoms with Crippen LogP contribution >= 0.6 is 0 Å². The van der Waals surface area contributed by atoms with Gasteiger partial charge in [-0.3, -0.25) is 4.40 Å². The maximum absolute atomic E-state index is 6.92. The van der Waals surface area contributed by atoms with Crippen LogP contribution in [0.1, 0.15) is 78.0 Å². The zero-order valence-electron chi connectivity index (χ0n) is 29.2. The number of fused-ring (bicyclic) bond motifs is 9. The SMILES string of the molecule is Cc1c(C)c(C)[n+](C)c(-n2c3c(C)c(C)c4oc5c(C)c(C)c(C)c(C)c5c4c3n3c4c(C)c(C)c(C)c(C)c4nc23)c1C. The van der Waals surface area contributed by atoms with Gasteiger partial charge in [0.05, 0.1) is 23.5 Å². The number of aromatic nitrogens is 4. The van der Waals surface area contributed by atoms with Gasteiger partial charge in [-0.2, -0.15) is 9.55 Å². The highest BCUT2D eigenvalue weighted by molar-refractivity contribution is 6.22. The van der Waals surface area contributed by atoms with Crippen LogP contribution in [0, 0.1) is 96.9 Å². The second kappa shape index (κ2) is 8.97. The molecule has 3 aromatic carbocycles. The quantitative estimate of drug-likeness (QED) is 0.180. The molecule has 7 aromatic rings. The first kappa shape index (κ1) is 28.6. The summed E-state index contributed by atoms with van der Waals surface area (Å²) in [6, 6.07) is 0. The Bertz CT molecular complexity index is 2450. The van der Waals surface area contributed by atoms with Crippen molar-refractivity contribution in [1.82, 2.24) is 14.0 Å². The van der Waals surface area contributed by atoms with Crippen LogP contribution in [-0.2, 0) is 7.05 Å². The van der Waals surface area contributed by atoms with E-state index >= 15 is 0 Å². The largest absolute Gasteiger partial charge is 0.455 e. The van der Waals surface area contributed by atoms with Gasteiger partial charge in [0.15, 0.2) is 5.52 Å². The Labute approximate surface area is 260 Å². The zero-order valence-corrected chi connectivity index (χ0v) is 29.2. The van der Waals surface area contributed by atoms with Crippen LogP contribution < -0.4 is 4.57 Å². The molecular formula is C39H45N4O+. The first-order valence-electron chi connectivity index (χ1n) is 15.8. The lowest BCUT2D eigenvalue weighted by atomic mass is 9.93. The lowest BCUT2D eigenvalue weighted by Gasteiger charge is -2.15. The highest BCUT2D eigenvalue weighted by Crippen LogP contribution is 2.46. The summed E-state index contributed by atoms with van der Waals surface area (Å²) in [5.41, 5.74) is 24.6. The molecule has 5 nitrogen and oxygen atoms in total. The van der Waals surface area contributed by atoms with Crippen LogP contribution in [0.5, 0.6) is 0 Å². The Kier molecular flexibility index (Phi) is 5.84. The topological polar surface area (TPSA) is 39.2 Å². The van der Waals surface area contributed by atoms with Gasteiger partial charge in [0, 0.05) is 16.5 Å². The number of hydrogen-bond donors (Lipinski definition) is 0. The standard InChI is InChI=1S/C39H45N4O/c1-16-19(4)26(11)36-30(22(16)7)31-35-34(25(10)27(12)37(31)44-36)43(38-28(13)20(5)21(6)29(14)41(38)15)39-40-32-23(8)17(2)18(3)24(9)33(32)42(35)39/h1-15H3/q+1. The fourth-order valence-electron chi connectivity index (χ4n) is 7.89. The van der Waals surface area contributed by atoms with Crippen molar-refractivity contribution in [3.8, 4) is 5.82 Å². The maximum atomic E-state index is 6.92. The predicted molar refractivity (Wildman–Crippen MR) is 184 cm³/mol. The average molecular weight is 586 g/mol. The Morgan fingerprint density at radius 3 is 1.64 bits per heavy atom. The van der Waals surface area contributed by atoms with E-state index in [-0.39, 0.29) is 0 Å². The van der Waals surface area contributed by atoms with Crippen LogP contribution in [0.25, 0.3) is 55.6 Å². The molecule has 0 aliphatic rings. The molecule has 0 spiro atoms. The molecule has 4 aromatic heterocycles. The third kappa shape index (κ3) is 3.15.